The normalized spacial score (nSPS) is 13.2. The van der Waals surface area contributed by atoms with E-state index in [-0.39, 0.29) is 13.2 Å². The molecule has 2 N–H and O–H groups in total. The molecule has 0 aliphatic carbocycles. The molecule has 0 radical (unpaired) electrons. The van der Waals surface area contributed by atoms with E-state index in [4.69, 9.17) is 19.7 Å². The van der Waals surface area contributed by atoms with Gasteiger partial charge in [0.1, 0.15) is 0 Å². The van der Waals surface area contributed by atoms with Crippen molar-refractivity contribution in [2.24, 2.45) is 0 Å². The molecule has 1 atom stereocenters. The number of rotatable bonds is 8. The maximum atomic E-state index is 8.83. The summed E-state index contributed by atoms with van der Waals surface area (Å²) in [4.78, 5) is 0. The first-order valence-corrected chi connectivity index (χ1v) is 3.78. The summed E-state index contributed by atoms with van der Waals surface area (Å²) in [5.41, 5.74) is 0. The van der Waals surface area contributed by atoms with Gasteiger partial charge in [-0.25, -0.2) is 0 Å². The molecule has 5 nitrogen and oxygen atoms in total. The van der Waals surface area contributed by atoms with Crippen molar-refractivity contribution in [2.75, 3.05) is 40.1 Å². The first-order chi connectivity index (χ1) is 5.81. The van der Waals surface area contributed by atoms with Crippen LogP contribution in [0.3, 0.4) is 0 Å². The van der Waals surface area contributed by atoms with Crippen LogP contribution in [0.4, 0.5) is 0 Å². The summed E-state index contributed by atoms with van der Waals surface area (Å²) in [7, 11) is 1.40. The van der Waals surface area contributed by atoms with Crippen molar-refractivity contribution in [1.82, 2.24) is 0 Å². The van der Waals surface area contributed by atoms with Crippen molar-refractivity contribution < 1.29 is 24.4 Å². The summed E-state index contributed by atoms with van der Waals surface area (Å²) < 4.78 is 14.4. The zero-order valence-electron chi connectivity index (χ0n) is 7.23. The second-order valence-electron chi connectivity index (χ2n) is 2.10. The summed E-state index contributed by atoms with van der Waals surface area (Å²) in [6, 6.07) is 0. The molecule has 0 aromatic carbocycles. The summed E-state index contributed by atoms with van der Waals surface area (Å²) in [6.45, 7) is 1.27. The zero-order chi connectivity index (χ0) is 9.23. The van der Waals surface area contributed by atoms with Crippen LogP contribution in [0.1, 0.15) is 0 Å². The second-order valence-corrected chi connectivity index (χ2v) is 2.10. The highest BCUT2D eigenvalue weighted by Crippen LogP contribution is 1.85. The van der Waals surface area contributed by atoms with Crippen LogP contribution in [0.15, 0.2) is 0 Å². The molecule has 0 aliphatic rings. The lowest BCUT2D eigenvalue weighted by Crippen LogP contribution is -2.19. The summed E-state index contributed by atoms with van der Waals surface area (Å²) >= 11 is 0. The van der Waals surface area contributed by atoms with E-state index in [1.165, 1.54) is 7.11 Å². The monoisotopic (exact) mass is 180 g/mol. The molecule has 0 aliphatic heterocycles. The molecular weight excluding hydrogens is 164 g/mol. The highest BCUT2D eigenvalue weighted by Gasteiger charge is 1.99. The van der Waals surface area contributed by atoms with Crippen LogP contribution in [0.2, 0.25) is 0 Å². The van der Waals surface area contributed by atoms with E-state index in [9.17, 15) is 0 Å². The molecule has 0 saturated carbocycles. The fourth-order valence-corrected chi connectivity index (χ4v) is 0.537. The topological polar surface area (TPSA) is 68.2 Å². The van der Waals surface area contributed by atoms with E-state index in [0.29, 0.717) is 19.8 Å². The van der Waals surface area contributed by atoms with Gasteiger partial charge in [0.15, 0.2) is 6.29 Å². The Hall–Kier alpha value is -0.200. The van der Waals surface area contributed by atoms with Crippen LogP contribution in [-0.2, 0) is 14.2 Å². The van der Waals surface area contributed by atoms with Gasteiger partial charge in [0.25, 0.3) is 0 Å². The van der Waals surface area contributed by atoms with E-state index in [1.807, 2.05) is 0 Å². The highest BCUT2D eigenvalue weighted by atomic mass is 16.6. The van der Waals surface area contributed by atoms with Crippen LogP contribution < -0.4 is 0 Å². The van der Waals surface area contributed by atoms with Crippen LogP contribution in [-0.4, -0.2) is 56.6 Å². The summed E-state index contributed by atoms with van der Waals surface area (Å²) in [6.07, 6.45) is -0.872. The van der Waals surface area contributed by atoms with Crippen molar-refractivity contribution in [3.8, 4) is 0 Å². The number of ether oxygens (including phenoxy) is 3. The molecule has 0 bridgehead atoms. The minimum absolute atomic E-state index is 0.0146. The molecule has 0 rings (SSSR count). The average molecular weight is 180 g/mol. The fraction of sp³-hybridized carbons (Fsp3) is 1.00. The van der Waals surface area contributed by atoms with Crippen LogP contribution >= 0.6 is 0 Å². The molecule has 0 fully saturated rings. The van der Waals surface area contributed by atoms with Crippen molar-refractivity contribution >= 4 is 0 Å². The zero-order valence-corrected chi connectivity index (χ0v) is 7.23. The molecule has 5 heteroatoms. The second kappa shape index (κ2) is 8.89. The highest BCUT2D eigenvalue weighted by molar-refractivity contribution is 4.35. The summed E-state index contributed by atoms with van der Waals surface area (Å²) in [5, 5.41) is 17.2. The van der Waals surface area contributed by atoms with Crippen molar-refractivity contribution in [2.45, 2.75) is 6.29 Å². The lowest BCUT2D eigenvalue weighted by Gasteiger charge is -2.08. The van der Waals surface area contributed by atoms with Gasteiger partial charge in [0.2, 0.25) is 0 Å². The predicted molar refractivity (Wildman–Crippen MR) is 41.7 cm³/mol. The largest absolute Gasteiger partial charge is 0.394 e. The molecule has 0 saturated heterocycles. The minimum Gasteiger partial charge on any atom is -0.394 e. The van der Waals surface area contributed by atoms with Gasteiger partial charge in [0, 0.05) is 7.11 Å². The van der Waals surface area contributed by atoms with Gasteiger partial charge in [-0.1, -0.05) is 0 Å². The Morgan fingerprint density at radius 3 is 2.42 bits per heavy atom. The lowest BCUT2D eigenvalue weighted by atomic mass is 10.6. The van der Waals surface area contributed by atoms with Gasteiger partial charge in [-0.15, -0.1) is 0 Å². The number of aliphatic hydroxyl groups excluding tert-OH is 2. The Bertz CT molecular complexity index is 87.9. The van der Waals surface area contributed by atoms with Crippen molar-refractivity contribution in [3.05, 3.63) is 0 Å². The van der Waals surface area contributed by atoms with Gasteiger partial charge in [-0.05, 0) is 0 Å². The number of hydrogen-bond acceptors (Lipinski definition) is 5. The van der Waals surface area contributed by atoms with Crippen molar-refractivity contribution in [1.29, 1.82) is 0 Å². The average Bonchev–Trinajstić information content (AvgIpc) is 2.10. The van der Waals surface area contributed by atoms with E-state index in [2.05, 4.69) is 4.74 Å². The first-order valence-electron chi connectivity index (χ1n) is 3.78. The molecule has 0 heterocycles. The fourth-order valence-electron chi connectivity index (χ4n) is 0.537. The Morgan fingerprint density at radius 2 is 1.83 bits per heavy atom. The van der Waals surface area contributed by atoms with Crippen LogP contribution in [0, 0.1) is 0 Å². The molecule has 0 aromatic heterocycles. The maximum absolute atomic E-state index is 8.83. The maximum Gasteiger partial charge on any atom is 0.177 e. The third-order valence-electron chi connectivity index (χ3n) is 1.14. The third-order valence-corrected chi connectivity index (χ3v) is 1.14. The Morgan fingerprint density at radius 1 is 1.17 bits per heavy atom. The van der Waals surface area contributed by atoms with Gasteiger partial charge >= 0.3 is 0 Å². The number of hydrogen-bond donors (Lipinski definition) is 2. The molecule has 0 spiro atoms. The molecule has 74 valence electrons. The van der Waals surface area contributed by atoms with E-state index >= 15 is 0 Å². The van der Waals surface area contributed by atoms with Crippen LogP contribution in [0.25, 0.3) is 0 Å². The van der Waals surface area contributed by atoms with Gasteiger partial charge in [0.05, 0.1) is 33.0 Å². The molecule has 12 heavy (non-hydrogen) atoms. The number of aliphatic hydroxyl groups is 2. The summed E-state index contributed by atoms with van der Waals surface area (Å²) in [5.74, 6) is 0. The number of methoxy groups -OCH3 is 1. The quantitative estimate of drug-likeness (QED) is 0.369. The Balaban J connectivity index is 2.90. The standard InChI is InChI=1S/C7H16O5/c1-10-7(9)6-12-5-4-11-3-2-8/h7-9H,2-6H2,1H3. The van der Waals surface area contributed by atoms with Crippen LogP contribution in [0.5, 0.6) is 0 Å². The Labute approximate surface area is 71.9 Å². The molecular formula is C7H16O5. The molecule has 1 unspecified atom stereocenters. The van der Waals surface area contributed by atoms with Crippen molar-refractivity contribution in [3.63, 3.8) is 0 Å². The SMILES string of the molecule is COC(O)COCCOCCO. The van der Waals surface area contributed by atoms with Gasteiger partial charge < -0.3 is 24.4 Å². The third kappa shape index (κ3) is 7.90. The Kier molecular flexibility index (Phi) is 8.74. The minimum atomic E-state index is -0.872. The van der Waals surface area contributed by atoms with Gasteiger partial charge in [-0.2, -0.15) is 0 Å². The van der Waals surface area contributed by atoms with Gasteiger partial charge in [-0.3, -0.25) is 0 Å². The van der Waals surface area contributed by atoms with E-state index in [0.717, 1.165) is 0 Å². The molecule has 0 amide bonds. The predicted octanol–water partition coefficient (Wildman–Crippen LogP) is -1.02. The van der Waals surface area contributed by atoms with E-state index in [1.54, 1.807) is 0 Å². The first kappa shape index (κ1) is 11.8. The lowest BCUT2D eigenvalue weighted by molar-refractivity contribution is -0.123. The molecule has 0 aromatic rings. The smallest absolute Gasteiger partial charge is 0.177 e. The van der Waals surface area contributed by atoms with E-state index < -0.39 is 6.29 Å².